The molecule has 0 aliphatic carbocycles. The molecule has 0 spiro atoms. The van der Waals surface area contributed by atoms with Crippen molar-refractivity contribution in [1.82, 2.24) is 10.2 Å². The summed E-state index contributed by atoms with van der Waals surface area (Å²) in [6, 6.07) is 1.46. The van der Waals surface area contributed by atoms with Gasteiger partial charge in [0.15, 0.2) is 0 Å². The smallest absolute Gasteiger partial charge is 0.0253 e. The van der Waals surface area contributed by atoms with Crippen LogP contribution in [0.1, 0.15) is 67.2 Å². The summed E-state index contributed by atoms with van der Waals surface area (Å²) < 4.78 is 0. The van der Waals surface area contributed by atoms with E-state index in [0.717, 1.165) is 24.5 Å². The van der Waals surface area contributed by atoms with Crippen molar-refractivity contribution in [2.24, 2.45) is 5.92 Å². The first-order valence-electron chi connectivity index (χ1n) is 7.86. The molecule has 1 heterocycles. The van der Waals surface area contributed by atoms with Crippen LogP contribution in [0.4, 0.5) is 0 Å². The van der Waals surface area contributed by atoms with Crippen LogP contribution in [0, 0.1) is 5.92 Å². The Morgan fingerprint density at radius 3 is 2.44 bits per heavy atom. The molecule has 108 valence electrons. The van der Waals surface area contributed by atoms with Gasteiger partial charge in [0.1, 0.15) is 0 Å². The van der Waals surface area contributed by atoms with E-state index in [1.807, 2.05) is 0 Å². The quantitative estimate of drug-likeness (QED) is 0.778. The fourth-order valence-electron chi connectivity index (χ4n) is 3.03. The van der Waals surface area contributed by atoms with Crippen LogP contribution in [0.25, 0.3) is 0 Å². The van der Waals surface area contributed by atoms with Gasteiger partial charge in [-0.15, -0.1) is 0 Å². The van der Waals surface area contributed by atoms with E-state index >= 15 is 0 Å². The van der Waals surface area contributed by atoms with Crippen LogP contribution in [0.5, 0.6) is 0 Å². The zero-order valence-electron chi connectivity index (χ0n) is 13.4. The molecule has 0 bridgehead atoms. The lowest BCUT2D eigenvalue weighted by Crippen LogP contribution is -2.63. The molecule has 1 saturated heterocycles. The second-order valence-corrected chi connectivity index (χ2v) is 7.17. The molecule has 1 aliphatic heterocycles. The lowest BCUT2D eigenvalue weighted by molar-refractivity contribution is 0.0538. The Balaban J connectivity index is 2.48. The molecule has 1 fully saturated rings. The van der Waals surface area contributed by atoms with Gasteiger partial charge in [0, 0.05) is 30.7 Å². The van der Waals surface area contributed by atoms with Crippen LogP contribution >= 0.6 is 0 Å². The van der Waals surface area contributed by atoms with Gasteiger partial charge in [-0.3, -0.25) is 4.90 Å². The fourth-order valence-corrected chi connectivity index (χ4v) is 3.03. The molecule has 2 unspecified atom stereocenters. The highest BCUT2D eigenvalue weighted by Crippen LogP contribution is 2.22. The first-order chi connectivity index (χ1) is 8.35. The number of hydrogen-bond acceptors (Lipinski definition) is 2. The lowest BCUT2D eigenvalue weighted by Gasteiger charge is -2.47. The fraction of sp³-hybridized carbons (Fsp3) is 1.00. The van der Waals surface area contributed by atoms with Crippen LogP contribution in [0.2, 0.25) is 0 Å². The highest BCUT2D eigenvalue weighted by molar-refractivity contribution is 4.93. The minimum absolute atomic E-state index is 0.276. The van der Waals surface area contributed by atoms with E-state index in [0.29, 0.717) is 0 Å². The highest BCUT2D eigenvalue weighted by atomic mass is 15.3. The third-order valence-corrected chi connectivity index (χ3v) is 4.30. The summed E-state index contributed by atoms with van der Waals surface area (Å²) in [4.78, 5) is 2.75. The van der Waals surface area contributed by atoms with Crippen molar-refractivity contribution < 1.29 is 0 Å². The van der Waals surface area contributed by atoms with E-state index in [1.54, 1.807) is 0 Å². The van der Waals surface area contributed by atoms with Crippen LogP contribution in [0.15, 0.2) is 0 Å². The lowest BCUT2D eigenvalue weighted by atomic mass is 9.94. The molecule has 2 nitrogen and oxygen atoms in total. The maximum absolute atomic E-state index is 3.68. The maximum atomic E-state index is 3.68. The van der Waals surface area contributed by atoms with Crippen molar-refractivity contribution in [3.05, 3.63) is 0 Å². The average molecular weight is 254 g/mol. The number of nitrogens with zero attached hydrogens (tertiary/aromatic N) is 1. The molecule has 0 aromatic rings. The largest absolute Gasteiger partial charge is 0.309 e. The van der Waals surface area contributed by atoms with E-state index < -0.39 is 0 Å². The van der Waals surface area contributed by atoms with E-state index in [9.17, 15) is 0 Å². The van der Waals surface area contributed by atoms with Gasteiger partial charge in [-0.25, -0.2) is 0 Å². The summed E-state index contributed by atoms with van der Waals surface area (Å²) in [5.41, 5.74) is 0.276. The molecule has 1 N–H and O–H groups in total. The Morgan fingerprint density at radius 1 is 1.22 bits per heavy atom. The average Bonchev–Trinajstić information content (AvgIpc) is 2.27. The molecular formula is C16H34N2. The highest BCUT2D eigenvalue weighted by Gasteiger charge is 2.33. The molecule has 1 aliphatic rings. The second kappa shape index (κ2) is 6.91. The van der Waals surface area contributed by atoms with Gasteiger partial charge in [-0.2, -0.15) is 0 Å². The Morgan fingerprint density at radius 2 is 1.89 bits per heavy atom. The molecule has 0 saturated carbocycles. The van der Waals surface area contributed by atoms with Gasteiger partial charge in [0.05, 0.1) is 0 Å². The van der Waals surface area contributed by atoms with Gasteiger partial charge in [0.2, 0.25) is 0 Å². The van der Waals surface area contributed by atoms with Gasteiger partial charge < -0.3 is 5.32 Å². The SMILES string of the molecule is CCC1CNC(C)(C)CN1C(C)CCCC(C)C. The third kappa shape index (κ3) is 4.89. The predicted octanol–water partition coefficient (Wildman–Crippen LogP) is 3.66. The standard InChI is InChI=1S/C16H34N2/c1-7-15-11-17-16(5,6)12-18(15)14(4)10-8-9-13(2)3/h13-15,17H,7-12H2,1-6H3. The molecule has 0 aromatic carbocycles. The molecule has 2 atom stereocenters. The second-order valence-electron chi connectivity index (χ2n) is 7.17. The minimum Gasteiger partial charge on any atom is -0.309 e. The van der Waals surface area contributed by atoms with Gasteiger partial charge in [-0.1, -0.05) is 33.6 Å². The van der Waals surface area contributed by atoms with Gasteiger partial charge >= 0.3 is 0 Å². The molecule has 0 amide bonds. The maximum Gasteiger partial charge on any atom is 0.0253 e. The van der Waals surface area contributed by atoms with Crippen molar-refractivity contribution in [1.29, 1.82) is 0 Å². The number of piperazine rings is 1. The first-order valence-corrected chi connectivity index (χ1v) is 7.86. The van der Waals surface area contributed by atoms with Gasteiger partial charge in [0.25, 0.3) is 0 Å². The minimum atomic E-state index is 0.276. The van der Waals surface area contributed by atoms with Crippen LogP contribution < -0.4 is 5.32 Å². The topological polar surface area (TPSA) is 15.3 Å². The van der Waals surface area contributed by atoms with Gasteiger partial charge in [-0.05, 0) is 39.5 Å². The zero-order valence-corrected chi connectivity index (χ0v) is 13.4. The Labute approximate surface area is 115 Å². The predicted molar refractivity (Wildman–Crippen MR) is 81.0 cm³/mol. The molecule has 2 heteroatoms. The Bertz CT molecular complexity index is 235. The van der Waals surface area contributed by atoms with Crippen LogP contribution in [0.3, 0.4) is 0 Å². The van der Waals surface area contributed by atoms with Crippen molar-refractivity contribution >= 4 is 0 Å². The van der Waals surface area contributed by atoms with Crippen molar-refractivity contribution in [3.8, 4) is 0 Å². The van der Waals surface area contributed by atoms with Crippen molar-refractivity contribution in [3.63, 3.8) is 0 Å². The van der Waals surface area contributed by atoms with E-state index in [4.69, 9.17) is 0 Å². The summed E-state index contributed by atoms with van der Waals surface area (Å²) in [6.07, 6.45) is 5.36. The normalized spacial score (nSPS) is 26.5. The first kappa shape index (κ1) is 16.0. The molecule has 0 radical (unpaired) electrons. The molecule has 18 heavy (non-hydrogen) atoms. The number of hydrogen-bond donors (Lipinski definition) is 1. The monoisotopic (exact) mass is 254 g/mol. The van der Waals surface area contributed by atoms with E-state index in [1.165, 1.54) is 32.2 Å². The number of rotatable bonds is 6. The summed E-state index contributed by atoms with van der Waals surface area (Å²) in [5.74, 6) is 0.846. The van der Waals surface area contributed by atoms with Crippen LogP contribution in [-0.4, -0.2) is 35.6 Å². The van der Waals surface area contributed by atoms with Crippen molar-refractivity contribution in [2.45, 2.75) is 84.8 Å². The van der Waals surface area contributed by atoms with E-state index in [-0.39, 0.29) is 5.54 Å². The summed E-state index contributed by atoms with van der Waals surface area (Å²) in [5, 5.41) is 3.68. The van der Waals surface area contributed by atoms with Crippen LogP contribution in [-0.2, 0) is 0 Å². The van der Waals surface area contributed by atoms with E-state index in [2.05, 4.69) is 51.8 Å². The Kier molecular flexibility index (Phi) is 6.13. The molecular weight excluding hydrogens is 220 g/mol. The summed E-state index contributed by atoms with van der Waals surface area (Å²) in [6.45, 7) is 16.4. The number of nitrogens with one attached hydrogen (secondary N) is 1. The van der Waals surface area contributed by atoms with Crippen molar-refractivity contribution in [2.75, 3.05) is 13.1 Å². The third-order valence-electron chi connectivity index (χ3n) is 4.30. The summed E-state index contributed by atoms with van der Waals surface area (Å²) >= 11 is 0. The molecule has 1 rings (SSSR count). The zero-order chi connectivity index (χ0) is 13.8. The Hall–Kier alpha value is -0.0800. The summed E-state index contributed by atoms with van der Waals surface area (Å²) in [7, 11) is 0. The molecule has 0 aromatic heterocycles.